The van der Waals surface area contributed by atoms with E-state index in [4.69, 9.17) is 9.47 Å². The number of methoxy groups -OCH3 is 2. The smallest absolute Gasteiger partial charge is 0.250 e. The molecule has 2 aromatic carbocycles. The molecule has 146 valence electrons. The number of carbonyl (C=O) groups excluding carboxylic acids is 1. The maximum Gasteiger partial charge on any atom is 0.250 e. The fourth-order valence-corrected chi connectivity index (χ4v) is 3.64. The number of ether oxygens (including phenoxy) is 2. The quantitative estimate of drug-likeness (QED) is 0.487. The van der Waals surface area contributed by atoms with E-state index >= 15 is 0 Å². The molecule has 0 atom stereocenters. The molecule has 1 N–H and O–H groups in total. The minimum Gasteiger partial charge on any atom is -0.497 e. The number of nitrogens with zero attached hydrogens (tertiary/aromatic N) is 3. The van der Waals surface area contributed by atoms with Crippen LogP contribution >= 0.6 is 11.3 Å². The van der Waals surface area contributed by atoms with E-state index in [-0.39, 0.29) is 11.9 Å². The second kappa shape index (κ2) is 8.15. The molecule has 1 amide bonds. The molecule has 29 heavy (non-hydrogen) atoms. The Bertz CT molecular complexity index is 1180. The topological polar surface area (TPSA) is 77.8 Å². The van der Waals surface area contributed by atoms with Crippen LogP contribution in [0.3, 0.4) is 0 Å². The van der Waals surface area contributed by atoms with Gasteiger partial charge in [0, 0.05) is 17.0 Å². The summed E-state index contributed by atoms with van der Waals surface area (Å²) < 4.78 is 12.3. The molecule has 0 unspecified atom stereocenters. The summed E-state index contributed by atoms with van der Waals surface area (Å²) in [6.07, 6.45) is 3.16. The number of anilines is 1. The van der Waals surface area contributed by atoms with E-state index in [1.807, 2.05) is 53.9 Å². The molecule has 8 heteroatoms. The first-order valence-corrected chi connectivity index (χ1v) is 9.66. The highest BCUT2D eigenvalue weighted by Crippen LogP contribution is 2.32. The molecule has 0 aliphatic rings. The molecule has 0 fully saturated rings. The summed E-state index contributed by atoms with van der Waals surface area (Å²) in [5, 5.41) is 9.08. The highest BCUT2D eigenvalue weighted by atomic mass is 32.1. The molecule has 0 radical (unpaired) electrons. The van der Waals surface area contributed by atoms with Crippen molar-refractivity contribution in [1.29, 1.82) is 0 Å². The lowest BCUT2D eigenvalue weighted by Crippen LogP contribution is -2.09. The Balaban J connectivity index is 1.52. The molecule has 0 spiro atoms. The van der Waals surface area contributed by atoms with Crippen molar-refractivity contribution in [2.75, 3.05) is 19.5 Å². The Morgan fingerprint density at radius 1 is 1.10 bits per heavy atom. The molecule has 4 rings (SSSR count). The fraction of sp³-hybridized carbons (Fsp3) is 0.0952. The van der Waals surface area contributed by atoms with Crippen LogP contribution in [0, 0.1) is 0 Å². The number of aromatic nitrogens is 3. The van der Waals surface area contributed by atoms with Crippen LogP contribution in [0.4, 0.5) is 5.95 Å². The average molecular weight is 406 g/mol. The number of thiazole rings is 1. The van der Waals surface area contributed by atoms with Gasteiger partial charge in [-0.2, -0.15) is 4.98 Å². The van der Waals surface area contributed by atoms with E-state index in [1.54, 1.807) is 24.8 Å². The number of para-hydroxylation sites is 1. The molecule has 0 bridgehead atoms. The van der Waals surface area contributed by atoms with Gasteiger partial charge in [-0.15, -0.1) is 16.4 Å². The van der Waals surface area contributed by atoms with E-state index in [9.17, 15) is 4.79 Å². The first-order valence-electron chi connectivity index (χ1n) is 8.78. The number of carbonyl (C=O) groups is 1. The minimum atomic E-state index is -0.307. The Kier molecular flexibility index (Phi) is 5.26. The minimum absolute atomic E-state index is 0.248. The molecule has 0 aliphatic carbocycles. The summed E-state index contributed by atoms with van der Waals surface area (Å²) in [5.74, 6) is 1.45. The molecule has 7 nitrogen and oxygen atoms in total. The third kappa shape index (κ3) is 3.97. The van der Waals surface area contributed by atoms with Crippen molar-refractivity contribution in [2.45, 2.75) is 0 Å². The first-order chi connectivity index (χ1) is 14.2. The standard InChI is InChI=1S/C21H18N4O3S/c1-27-15-10-7-14(8-11-15)9-12-19(26)22-20-23-21-25(24-20)17(13-29-21)16-5-3-4-6-18(16)28-2/h3-13H,1-2H3,(H,22,24,26)/b12-9+. The average Bonchev–Trinajstić information content (AvgIpc) is 3.32. The van der Waals surface area contributed by atoms with Gasteiger partial charge in [0.2, 0.25) is 4.96 Å². The lowest BCUT2D eigenvalue weighted by atomic mass is 10.1. The van der Waals surface area contributed by atoms with E-state index in [2.05, 4.69) is 15.4 Å². The third-order valence-corrected chi connectivity index (χ3v) is 5.06. The van der Waals surface area contributed by atoms with Crippen molar-refractivity contribution >= 4 is 34.2 Å². The SMILES string of the molecule is COc1ccc(/C=C/C(=O)Nc2nc3scc(-c4ccccc4OC)n3n2)cc1. The third-order valence-electron chi connectivity index (χ3n) is 4.24. The molecule has 2 aromatic heterocycles. The van der Waals surface area contributed by atoms with Crippen LogP contribution in [0.2, 0.25) is 0 Å². The second-order valence-electron chi connectivity index (χ2n) is 6.05. The van der Waals surface area contributed by atoms with Gasteiger partial charge in [-0.05, 0) is 35.9 Å². The highest BCUT2D eigenvalue weighted by molar-refractivity contribution is 7.15. The van der Waals surface area contributed by atoms with Gasteiger partial charge in [0.1, 0.15) is 11.5 Å². The van der Waals surface area contributed by atoms with Gasteiger partial charge >= 0.3 is 0 Å². The number of nitrogens with one attached hydrogen (secondary N) is 1. The summed E-state index contributed by atoms with van der Waals surface area (Å²) in [5.41, 5.74) is 2.64. The normalized spacial score (nSPS) is 11.1. The van der Waals surface area contributed by atoms with E-state index in [1.165, 1.54) is 17.4 Å². The van der Waals surface area contributed by atoms with Crippen molar-refractivity contribution in [1.82, 2.24) is 14.6 Å². The van der Waals surface area contributed by atoms with Crippen LogP contribution in [0.1, 0.15) is 5.56 Å². The molecule has 0 aliphatic heterocycles. The van der Waals surface area contributed by atoms with Crippen molar-refractivity contribution in [2.24, 2.45) is 0 Å². The number of amides is 1. The molecule has 2 heterocycles. The zero-order chi connectivity index (χ0) is 20.2. The van der Waals surface area contributed by atoms with Crippen LogP contribution < -0.4 is 14.8 Å². The van der Waals surface area contributed by atoms with Crippen molar-refractivity contribution in [3.8, 4) is 22.8 Å². The van der Waals surface area contributed by atoms with Gasteiger partial charge in [-0.3, -0.25) is 10.1 Å². The summed E-state index contributed by atoms with van der Waals surface area (Å²) >= 11 is 1.44. The van der Waals surface area contributed by atoms with Gasteiger partial charge in [0.15, 0.2) is 0 Å². The lowest BCUT2D eigenvalue weighted by Gasteiger charge is -2.06. The first kappa shape index (κ1) is 18.7. The van der Waals surface area contributed by atoms with E-state index < -0.39 is 0 Å². The maximum absolute atomic E-state index is 12.2. The molecular formula is C21H18N4O3S. The molecule has 4 aromatic rings. The number of hydrogen-bond donors (Lipinski definition) is 1. The van der Waals surface area contributed by atoms with Gasteiger partial charge in [0.05, 0.1) is 19.9 Å². The van der Waals surface area contributed by atoms with Gasteiger partial charge in [-0.25, -0.2) is 4.52 Å². The van der Waals surface area contributed by atoms with Crippen LogP contribution in [0.15, 0.2) is 60.0 Å². The molecular weight excluding hydrogens is 388 g/mol. The number of rotatable bonds is 6. The van der Waals surface area contributed by atoms with Gasteiger partial charge in [0.25, 0.3) is 11.9 Å². The van der Waals surface area contributed by atoms with Crippen LogP contribution in [0.5, 0.6) is 11.5 Å². The number of fused-ring (bicyclic) bond motifs is 1. The second-order valence-corrected chi connectivity index (χ2v) is 6.88. The Labute approximate surface area is 171 Å². The lowest BCUT2D eigenvalue weighted by molar-refractivity contribution is -0.111. The summed E-state index contributed by atoms with van der Waals surface area (Å²) in [7, 11) is 3.24. The zero-order valence-electron chi connectivity index (χ0n) is 15.8. The van der Waals surface area contributed by atoms with Crippen molar-refractivity contribution in [3.63, 3.8) is 0 Å². The predicted octanol–water partition coefficient (Wildman–Crippen LogP) is 4.13. The van der Waals surface area contributed by atoms with Crippen LogP contribution in [-0.2, 0) is 4.79 Å². The maximum atomic E-state index is 12.2. The Hall–Kier alpha value is -3.65. The highest BCUT2D eigenvalue weighted by Gasteiger charge is 2.15. The Morgan fingerprint density at radius 3 is 2.66 bits per heavy atom. The van der Waals surface area contributed by atoms with Crippen molar-refractivity contribution in [3.05, 3.63) is 65.6 Å². The van der Waals surface area contributed by atoms with Crippen LogP contribution in [0.25, 0.3) is 22.3 Å². The summed E-state index contributed by atoms with van der Waals surface area (Å²) in [6, 6.07) is 15.1. The number of benzene rings is 2. The molecule has 0 saturated heterocycles. The van der Waals surface area contributed by atoms with Gasteiger partial charge < -0.3 is 9.47 Å². The summed E-state index contributed by atoms with van der Waals surface area (Å²) in [4.78, 5) is 17.3. The number of hydrogen-bond acceptors (Lipinski definition) is 6. The Morgan fingerprint density at radius 2 is 1.90 bits per heavy atom. The largest absolute Gasteiger partial charge is 0.497 e. The van der Waals surface area contributed by atoms with E-state index in [0.717, 1.165) is 28.3 Å². The van der Waals surface area contributed by atoms with Crippen LogP contribution in [-0.4, -0.2) is 34.7 Å². The monoisotopic (exact) mass is 406 g/mol. The fourth-order valence-electron chi connectivity index (χ4n) is 2.82. The van der Waals surface area contributed by atoms with Gasteiger partial charge in [-0.1, -0.05) is 24.3 Å². The zero-order valence-corrected chi connectivity index (χ0v) is 16.6. The summed E-state index contributed by atoms with van der Waals surface area (Å²) in [6.45, 7) is 0. The van der Waals surface area contributed by atoms with E-state index in [0.29, 0.717) is 4.96 Å². The molecule has 0 saturated carbocycles. The predicted molar refractivity (Wildman–Crippen MR) is 114 cm³/mol. The van der Waals surface area contributed by atoms with Crippen molar-refractivity contribution < 1.29 is 14.3 Å².